The Balaban J connectivity index is 2.96. The first kappa shape index (κ1) is 11.3. The average Bonchev–Trinajstić information content (AvgIpc) is 2.12. The van der Waals surface area contributed by atoms with E-state index in [9.17, 15) is 13.2 Å². The molecule has 5 heteroatoms. The van der Waals surface area contributed by atoms with Crippen LogP contribution < -0.4 is 11.5 Å². The highest BCUT2D eigenvalue weighted by atomic mass is 19.3. The van der Waals surface area contributed by atoms with Crippen LogP contribution in [-0.2, 0) is 0 Å². The molecule has 14 heavy (non-hydrogen) atoms. The summed E-state index contributed by atoms with van der Waals surface area (Å²) in [5.41, 5.74) is 9.60. The molecule has 0 spiro atoms. The van der Waals surface area contributed by atoms with Gasteiger partial charge >= 0.3 is 0 Å². The molecule has 3 unspecified atom stereocenters. The van der Waals surface area contributed by atoms with Crippen LogP contribution >= 0.6 is 0 Å². The van der Waals surface area contributed by atoms with Crippen LogP contribution in [0.25, 0.3) is 0 Å². The molecule has 0 amide bonds. The van der Waals surface area contributed by atoms with E-state index in [-0.39, 0.29) is 0 Å². The molecule has 0 aromatic carbocycles. The van der Waals surface area contributed by atoms with Crippen molar-refractivity contribution in [3.8, 4) is 0 Å². The predicted octanol–water partition coefficient (Wildman–Crippen LogP) is 1.34. The van der Waals surface area contributed by atoms with E-state index in [1.165, 1.54) is 19.1 Å². The van der Waals surface area contributed by atoms with E-state index in [4.69, 9.17) is 11.5 Å². The standard InChI is InChI=1S/C9H13F3N2/c1-5(8(11)12)9(14)4-2-3-6(10)7(9)13/h2-5,7-8H,13-14H2,1H3. The topological polar surface area (TPSA) is 52.0 Å². The van der Waals surface area contributed by atoms with E-state index in [0.717, 1.165) is 6.08 Å². The number of allylic oxidation sites excluding steroid dienone is 2. The van der Waals surface area contributed by atoms with Gasteiger partial charge in [0, 0.05) is 5.92 Å². The van der Waals surface area contributed by atoms with Crippen molar-refractivity contribution in [2.75, 3.05) is 0 Å². The number of nitrogens with two attached hydrogens (primary N) is 2. The molecule has 2 nitrogen and oxygen atoms in total. The maximum Gasteiger partial charge on any atom is 0.243 e. The van der Waals surface area contributed by atoms with Gasteiger partial charge in [0.15, 0.2) is 0 Å². The minimum absolute atomic E-state index is 0.664. The molecule has 80 valence electrons. The largest absolute Gasteiger partial charge is 0.320 e. The Hall–Kier alpha value is -0.810. The minimum Gasteiger partial charge on any atom is -0.320 e. The second kappa shape index (κ2) is 3.74. The Morgan fingerprint density at radius 1 is 1.50 bits per heavy atom. The predicted molar refractivity (Wildman–Crippen MR) is 48.4 cm³/mol. The molecule has 0 aromatic heterocycles. The van der Waals surface area contributed by atoms with E-state index in [0.29, 0.717) is 0 Å². The van der Waals surface area contributed by atoms with Gasteiger partial charge in [-0.2, -0.15) is 0 Å². The summed E-state index contributed by atoms with van der Waals surface area (Å²) in [5.74, 6) is -1.85. The molecular formula is C9H13F3N2. The third-order valence-corrected chi connectivity index (χ3v) is 2.64. The zero-order chi connectivity index (χ0) is 10.9. The molecule has 0 saturated heterocycles. The fourth-order valence-electron chi connectivity index (χ4n) is 1.41. The normalized spacial score (nSPS) is 34.5. The number of rotatable bonds is 2. The molecule has 0 heterocycles. The lowest BCUT2D eigenvalue weighted by atomic mass is 9.77. The molecule has 0 saturated carbocycles. The summed E-state index contributed by atoms with van der Waals surface area (Å²) in [5, 5.41) is 0. The maximum atomic E-state index is 13.1. The van der Waals surface area contributed by atoms with Crippen molar-refractivity contribution < 1.29 is 13.2 Å². The number of hydrogen-bond donors (Lipinski definition) is 2. The summed E-state index contributed by atoms with van der Waals surface area (Å²) >= 11 is 0. The molecule has 4 N–H and O–H groups in total. The van der Waals surface area contributed by atoms with Gasteiger partial charge in [0.1, 0.15) is 5.83 Å². The Morgan fingerprint density at radius 2 is 2.07 bits per heavy atom. The zero-order valence-corrected chi connectivity index (χ0v) is 7.75. The van der Waals surface area contributed by atoms with Gasteiger partial charge in [0.25, 0.3) is 0 Å². The molecular weight excluding hydrogens is 193 g/mol. The van der Waals surface area contributed by atoms with Crippen molar-refractivity contribution in [2.24, 2.45) is 17.4 Å². The summed E-state index contributed by atoms with van der Waals surface area (Å²) in [6, 6.07) is -1.20. The highest BCUT2D eigenvalue weighted by Gasteiger charge is 2.43. The summed E-state index contributed by atoms with van der Waals surface area (Å²) < 4.78 is 38.0. The van der Waals surface area contributed by atoms with Gasteiger partial charge in [-0.1, -0.05) is 19.1 Å². The van der Waals surface area contributed by atoms with E-state index in [1.54, 1.807) is 0 Å². The third kappa shape index (κ3) is 1.69. The Bertz CT molecular complexity index is 275. The average molecular weight is 206 g/mol. The lowest BCUT2D eigenvalue weighted by Gasteiger charge is -2.38. The highest BCUT2D eigenvalue weighted by Crippen LogP contribution is 2.31. The van der Waals surface area contributed by atoms with Gasteiger partial charge in [-0.15, -0.1) is 0 Å². The quantitative estimate of drug-likeness (QED) is 0.716. The van der Waals surface area contributed by atoms with E-state index in [1.807, 2.05) is 0 Å². The SMILES string of the molecule is CC(C(F)F)C1(N)C=CC=C(F)C1N. The van der Waals surface area contributed by atoms with Gasteiger partial charge in [-0.3, -0.25) is 0 Å². The lowest BCUT2D eigenvalue weighted by molar-refractivity contribution is 0.0481. The number of hydrogen-bond acceptors (Lipinski definition) is 2. The minimum atomic E-state index is -2.62. The van der Waals surface area contributed by atoms with Gasteiger partial charge in [-0.25, -0.2) is 13.2 Å². The second-order valence-electron chi connectivity index (χ2n) is 3.51. The fraction of sp³-hybridized carbons (Fsp3) is 0.556. The summed E-state index contributed by atoms with van der Waals surface area (Å²) in [6.45, 7) is 1.26. The summed E-state index contributed by atoms with van der Waals surface area (Å²) in [7, 11) is 0. The Kier molecular flexibility index (Phi) is 3.01. The van der Waals surface area contributed by atoms with Crippen molar-refractivity contribution in [2.45, 2.75) is 24.9 Å². The highest BCUT2D eigenvalue weighted by molar-refractivity contribution is 5.31. The summed E-state index contributed by atoms with van der Waals surface area (Å²) in [6.07, 6.45) is 1.16. The maximum absolute atomic E-state index is 13.1. The zero-order valence-electron chi connectivity index (χ0n) is 7.75. The first-order chi connectivity index (χ1) is 6.39. The first-order valence-electron chi connectivity index (χ1n) is 4.27. The van der Waals surface area contributed by atoms with Gasteiger partial charge in [0.05, 0.1) is 11.6 Å². The van der Waals surface area contributed by atoms with Crippen LogP contribution in [0.1, 0.15) is 6.92 Å². The Morgan fingerprint density at radius 3 is 2.57 bits per heavy atom. The molecule has 1 rings (SSSR count). The molecule has 0 fully saturated rings. The van der Waals surface area contributed by atoms with Crippen molar-refractivity contribution in [1.29, 1.82) is 0 Å². The molecule has 1 aliphatic rings. The van der Waals surface area contributed by atoms with Crippen molar-refractivity contribution in [3.05, 3.63) is 24.1 Å². The van der Waals surface area contributed by atoms with Crippen molar-refractivity contribution in [1.82, 2.24) is 0 Å². The van der Waals surface area contributed by atoms with Crippen LogP contribution in [0.5, 0.6) is 0 Å². The molecule has 0 aliphatic heterocycles. The van der Waals surface area contributed by atoms with E-state index >= 15 is 0 Å². The van der Waals surface area contributed by atoms with Gasteiger partial charge in [-0.05, 0) is 6.08 Å². The number of alkyl halides is 2. The smallest absolute Gasteiger partial charge is 0.243 e. The van der Waals surface area contributed by atoms with Crippen LogP contribution in [0.2, 0.25) is 0 Å². The number of halogens is 3. The fourth-order valence-corrected chi connectivity index (χ4v) is 1.41. The van der Waals surface area contributed by atoms with Gasteiger partial charge < -0.3 is 11.5 Å². The van der Waals surface area contributed by atoms with Crippen LogP contribution in [0.15, 0.2) is 24.1 Å². The van der Waals surface area contributed by atoms with E-state index in [2.05, 4.69) is 0 Å². The van der Waals surface area contributed by atoms with Crippen LogP contribution in [0.4, 0.5) is 13.2 Å². The lowest BCUT2D eigenvalue weighted by Crippen LogP contribution is -2.60. The van der Waals surface area contributed by atoms with Crippen molar-refractivity contribution >= 4 is 0 Å². The van der Waals surface area contributed by atoms with Gasteiger partial charge in [0.2, 0.25) is 6.43 Å². The summed E-state index contributed by atoms with van der Waals surface area (Å²) in [4.78, 5) is 0. The van der Waals surface area contributed by atoms with Crippen molar-refractivity contribution in [3.63, 3.8) is 0 Å². The molecule has 0 aromatic rings. The molecule has 0 bridgehead atoms. The van der Waals surface area contributed by atoms with Crippen LogP contribution in [0, 0.1) is 5.92 Å². The van der Waals surface area contributed by atoms with Crippen LogP contribution in [0.3, 0.4) is 0 Å². The second-order valence-corrected chi connectivity index (χ2v) is 3.51. The van der Waals surface area contributed by atoms with Crippen LogP contribution in [-0.4, -0.2) is 18.0 Å². The molecule has 1 aliphatic carbocycles. The monoisotopic (exact) mass is 206 g/mol. The first-order valence-corrected chi connectivity index (χ1v) is 4.27. The third-order valence-electron chi connectivity index (χ3n) is 2.64. The molecule has 3 atom stereocenters. The Labute approximate surface area is 80.5 Å². The molecule has 0 radical (unpaired) electrons. The van der Waals surface area contributed by atoms with E-state index < -0.39 is 29.8 Å².